The van der Waals surface area contributed by atoms with Crippen molar-refractivity contribution in [1.29, 1.82) is 0 Å². The number of benzene rings is 1. The van der Waals surface area contributed by atoms with Gasteiger partial charge < -0.3 is 31.2 Å². The average Bonchev–Trinajstić information content (AvgIpc) is 2.69. The highest BCUT2D eigenvalue weighted by Crippen LogP contribution is 2.12. The van der Waals surface area contributed by atoms with E-state index in [0.29, 0.717) is 63.9 Å². The van der Waals surface area contributed by atoms with Crippen LogP contribution in [0.4, 0.5) is 17.8 Å². The molecule has 160 valence electrons. The minimum Gasteiger partial charge on any atom is -0.378 e. The van der Waals surface area contributed by atoms with Gasteiger partial charge in [0.05, 0.1) is 26.4 Å². The number of hydrogen-bond donors (Lipinski definition) is 4. The monoisotopic (exact) mass is 403 g/mol. The van der Waals surface area contributed by atoms with Crippen molar-refractivity contribution < 1.29 is 9.47 Å². The van der Waals surface area contributed by atoms with Gasteiger partial charge in [0, 0.05) is 25.7 Å². The summed E-state index contributed by atoms with van der Waals surface area (Å²) in [6, 6.07) is 8.57. The molecule has 0 aliphatic carbocycles. The van der Waals surface area contributed by atoms with Crippen LogP contribution in [0.2, 0.25) is 0 Å². The van der Waals surface area contributed by atoms with Gasteiger partial charge in [-0.2, -0.15) is 15.0 Å². The van der Waals surface area contributed by atoms with Crippen LogP contribution in [0, 0.1) is 6.92 Å². The van der Waals surface area contributed by atoms with E-state index in [-0.39, 0.29) is 6.04 Å². The molecule has 0 saturated heterocycles. The van der Waals surface area contributed by atoms with E-state index in [1.54, 1.807) is 0 Å². The summed E-state index contributed by atoms with van der Waals surface area (Å²) >= 11 is 0. The molecule has 0 radical (unpaired) electrons. The molecule has 0 fully saturated rings. The fraction of sp³-hybridized carbons (Fsp3) is 0.550. The molecule has 0 aliphatic rings. The number of anilines is 3. The number of aromatic nitrogens is 3. The maximum absolute atomic E-state index is 5.51. The minimum absolute atomic E-state index is 0.215. The summed E-state index contributed by atoms with van der Waals surface area (Å²) in [7, 11) is 0. The molecular formula is C20H33N7O2. The molecule has 0 atom stereocenters. The topological polar surface area (TPSA) is 119 Å². The largest absolute Gasteiger partial charge is 0.378 e. The Balaban J connectivity index is 1.87. The van der Waals surface area contributed by atoms with Crippen molar-refractivity contribution in [3.05, 3.63) is 35.4 Å². The van der Waals surface area contributed by atoms with Crippen LogP contribution in [0.3, 0.4) is 0 Å². The Morgan fingerprint density at radius 3 is 2.14 bits per heavy atom. The number of nitrogens with two attached hydrogens (primary N) is 1. The first-order valence-electron chi connectivity index (χ1n) is 9.98. The van der Waals surface area contributed by atoms with Crippen LogP contribution in [-0.2, 0) is 16.0 Å². The van der Waals surface area contributed by atoms with E-state index in [1.165, 1.54) is 5.56 Å². The predicted octanol–water partition coefficient (Wildman–Crippen LogP) is 2.02. The summed E-state index contributed by atoms with van der Waals surface area (Å²) in [6.07, 6.45) is 0. The van der Waals surface area contributed by atoms with Gasteiger partial charge in [-0.1, -0.05) is 29.8 Å². The Morgan fingerprint density at radius 1 is 0.862 bits per heavy atom. The van der Waals surface area contributed by atoms with Crippen molar-refractivity contribution in [3.63, 3.8) is 0 Å². The molecule has 1 heterocycles. The van der Waals surface area contributed by atoms with E-state index >= 15 is 0 Å². The zero-order valence-corrected chi connectivity index (χ0v) is 17.6. The molecule has 0 amide bonds. The Kier molecular flexibility index (Phi) is 10.1. The first kappa shape index (κ1) is 22.8. The Bertz CT molecular complexity index is 710. The first-order valence-corrected chi connectivity index (χ1v) is 9.98. The quantitative estimate of drug-likeness (QED) is 0.351. The van der Waals surface area contributed by atoms with Gasteiger partial charge in [0.2, 0.25) is 17.8 Å². The molecule has 2 aromatic rings. The molecule has 2 rings (SSSR count). The zero-order valence-electron chi connectivity index (χ0n) is 17.6. The van der Waals surface area contributed by atoms with Crippen molar-refractivity contribution in [2.75, 3.05) is 55.5 Å². The van der Waals surface area contributed by atoms with Crippen molar-refractivity contribution in [2.24, 2.45) is 5.73 Å². The lowest BCUT2D eigenvalue weighted by Gasteiger charge is -2.13. The van der Waals surface area contributed by atoms with Gasteiger partial charge in [-0.05, 0) is 26.3 Å². The Labute approximate surface area is 172 Å². The van der Waals surface area contributed by atoms with Crippen LogP contribution >= 0.6 is 0 Å². The lowest BCUT2D eigenvalue weighted by Crippen LogP contribution is -2.18. The zero-order chi connectivity index (χ0) is 20.9. The van der Waals surface area contributed by atoms with Crippen LogP contribution in [0.5, 0.6) is 0 Å². The molecule has 0 unspecified atom stereocenters. The van der Waals surface area contributed by atoms with Crippen LogP contribution < -0.4 is 21.7 Å². The standard InChI is InChI=1S/C20H33N7O2/c1-15(2)24-20-26-18(22-9-11-29-13-12-28-10-8-21)25-19(27-20)23-14-17-6-4-16(3)5-7-17/h4-7,15H,8-14,21H2,1-3H3,(H3,22,23,24,25,26,27). The summed E-state index contributed by atoms with van der Waals surface area (Å²) in [5.74, 6) is 1.54. The summed E-state index contributed by atoms with van der Waals surface area (Å²) < 4.78 is 10.8. The number of rotatable bonds is 14. The fourth-order valence-electron chi connectivity index (χ4n) is 2.38. The molecule has 5 N–H and O–H groups in total. The summed E-state index contributed by atoms with van der Waals surface area (Å²) in [6.45, 7) is 10.0. The second kappa shape index (κ2) is 12.9. The molecule has 1 aromatic carbocycles. The third-order valence-electron chi connectivity index (χ3n) is 3.79. The summed E-state index contributed by atoms with van der Waals surface area (Å²) in [5.41, 5.74) is 7.76. The Morgan fingerprint density at radius 2 is 1.48 bits per heavy atom. The normalized spacial score (nSPS) is 10.9. The molecule has 0 spiro atoms. The van der Waals surface area contributed by atoms with Gasteiger partial charge in [-0.15, -0.1) is 0 Å². The van der Waals surface area contributed by atoms with Crippen molar-refractivity contribution in [1.82, 2.24) is 15.0 Å². The predicted molar refractivity (Wildman–Crippen MR) is 116 cm³/mol. The number of hydrogen-bond acceptors (Lipinski definition) is 9. The van der Waals surface area contributed by atoms with E-state index in [1.807, 2.05) is 13.8 Å². The second-order valence-electron chi connectivity index (χ2n) is 6.88. The molecule has 0 saturated carbocycles. The second-order valence-corrected chi connectivity index (χ2v) is 6.88. The lowest BCUT2D eigenvalue weighted by molar-refractivity contribution is 0.0547. The molecule has 9 nitrogen and oxygen atoms in total. The number of aryl methyl sites for hydroxylation is 1. The van der Waals surface area contributed by atoms with Gasteiger partial charge in [-0.25, -0.2) is 0 Å². The fourth-order valence-corrected chi connectivity index (χ4v) is 2.38. The van der Waals surface area contributed by atoms with E-state index in [2.05, 4.69) is 62.1 Å². The third kappa shape index (κ3) is 9.51. The minimum atomic E-state index is 0.215. The smallest absolute Gasteiger partial charge is 0.229 e. The van der Waals surface area contributed by atoms with Crippen molar-refractivity contribution >= 4 is 17.8 Å². The van der Waals surface area contributed by atoms with E-state index in [4.69, 9.17) is 15.2 Å². The highest BCUT2D eigenvalue weighted by molar-refractivity contribution is 5.43. The van der Waals surface area contributed by atoms with Gasteiger partial charge in [0.25, 0.3) is 0 Å². The SMILES string of the molecule is Cc1ccc(CNc2nc(NCCOCCOCCN)nc(NC(C)C)n2)cc1. The maximum atomic E-state index is 5.51. The van der Waals surface area contributed by atoms with Crippen LogP contribution in [-0.4, -0.2) is 60.5 Å². The maximum Gasteiger partial charge on any atom is 0.229 e. The van der Waals surface area contributed by atoms with Gasteiger partial charge in [-0.3, -0.25) is 0 Å². The third-order valence-corrected chi connectivity index (χ3v) is 3.79. The highest BCUT2D eigenvalue weighted by atomic mass is 16.5. The molecule has 1 aromatic heterocycles. The Hall–Kier alpha value is -2.49. The van der Waals surface area contributed by atoms with E-state index in [0.717, 1.165) is 5.56 Å². The lowest BCUT2D eigenvalue weighted by atomic mass is 10.1. The average molecular weight is 404 g/mol. The molecule has 0 aliphatic heterocycles. The molecule has 0 bridgehead atoms. The van der Waals surface area contributed by atoms with Crippen LogP contribution in [0.25, 0.3) is 0 Å². The number of ether oxygens (including phenoxy) is 2. The number of nitrogens with zero attached hydrogens (tertiary/aromatic N) is 3. The first-order chi connectivity index (χ1) is 14.1. The highest BCUT2D eigenvalue weighted by Gasteiger charge is 2.07. The van der Waals surface area contributed by atoms with Gasteiger partial charge >= 0.3 is 0 Å². The van der Waals surface area contributed by atoms with E-state index < -0.39 is 0 Å². The van der Waals surface area contributed by atoms with Crippen LogP contribution in [0.15, 0.2) is 24.3 Å². The summed E-state index contributed by atoms with van der Waals surface area (Å²) in [5, 5.41) is 9.66. The van der Waals surface area contributed by atoms with Crippen molar-refractivity contribution in [3.8, 4) is 0 Å². The van der Waals surface area contributed by atoms with Gasteiger partial charge in [0.15, 0.2) is 0 Å². The van der Waals surface area contributed by atoms with Gasteiger partial charge in [0.1, 0.15) is 0 Å². The summed E-state index contributed by atoms with van der Waals surface area (Å²) in [4.78, 5) is 13.3. The van der Waals surface area contributed by atoms with Crippen LogP contribution in [0.1, 0.15) is 25.0 Å². The molecule has 29 heavy (non-hydrogen) atoms. The van der Waals surface area contributed by atoms with Crippen molar-refractivity contribution in [2.45, 2.75) is 33.4 Å². The molecule has 9 heteroatoms. The van der Waals surface area contributed by atoms with E-state index in [9.17, 15) is 0 Å². The molecular weight excluding hydrogens is 370 g/mol. The number of nitrogens with one attached hydrogen (secondary N) is 3.